The molecule has 1 aliphatic rings. The van der Waals surface area contributed by atoms with Gasteiger partial charge in [0.1, 0.15) is 0 Å². The molecule has 1 unspecified atom stereocenters. The van der Waals surface area contributed by atoms with Gasteiger partial charge < -0.3 is 10.2 Å². The number of hydrogen-bond donors (Lipinski definition) is 1. The number of carbonyl (C=O) groups is 1. The van der Waals surface area contributed by atoms with Crippen molar-refractivity contribution >= 4 is 5.91 Å². The largest absolute Gasteiger partial charge is 0.339 e. The lowest BCUT2D eigenvalue weighted by Crippen LogP contribution is -2.57. The summed E-state index contributed by atoms with van der Waals surface area (Å²) in [6.07, 6.45) is 0. The molecule has 0 aromatic heterocycles. The van der Waals surface area contributed by atoms with Gasteiger partial charge in [0.15, 0.2) is 0 Å². The summed E-state index contributed by atoms with van der Waals surface area (Å²) in [4.78, 5) is 14.9. The van der Waals surface area contributed by atoms with Crippen molar-refractivity contribution in [2.45, 2.75) is 39.2 Å². The number of hydrogen-bond acceptors (Lipinski definition) is 2. The molecule has 110 valence electrons. The maximum Gasteiger partial charge on any atom is 0.232 e. The number of nitrogens with zero attached hydrogens (tertiary/aromatic N) is 1. The highest BCUT2D eigenvalue weighted by Crippen LogP contribution is 2.26. The number of benzene rings is 1. The van der Waals surface area contributed by atoms with Gasteiger partial charge in [-0.3, -0.25) is 4.79 Å². The minimum Gasteiger partial charge on any atom is -0.339 e. The van der Waals surface area contributed by atoms with Crippen LogP contribution in [-0.2, 0) is 10.2 Å². The van der Waals surface area contributed by atoms with Crippen LogP contribution < -0.4 is 5.32 Å². The molecule has 1 N–H and O–H groups in total. The third-order valence-electron chi connectivity index (χ3n) is 4.33. The summed E-state index contributed by atoms with van der Waals surface area (Å²) >= 11 is 0. The number of rotatable bonds is 3. The van der Waals surface area contributed by atoms with Crippen LogP contribution in [0.5, 0.6) is 0 Å². The van der Waals surface area contributed by atoms with E-state index >= 15 is 0 Å². The standard InChI is InChI=1S/C17H26N2O/c1-13(2)15-12-19(11-10-18-15)16(20)17(3,4)14-8-6-5-7-9-14/h5-9,13,15,18H,10-12H2,1-4H3. The zero-order chi connectivity index (χ0) is 14.8. The summed E-state index contributed by atoms with van der Waals surface area (Å²) in [7, 11) is 0. The Balaban J connectivity index is 2.14. The van der Waals surface area contributed by atoms with Crippen molar-refractivity contribution in [1.29, 1.82) is 0 Å². The number of piperazine rings is 1. The maximum atomic E-state index is 12.9. The van der Waals surface area contributed by atoms with Gasteiger partial charge in [0.05, 0.1) is 5.41 Å². The molecule has 1 fully saturated rings. The first-order valence-corrected chi connectivity index (χ1v) is 7.51. The molecule has 1 aromatic carbocycles. The van der Waals surface area contributed by atoms with Gasteiger partial charge in [0, 0.05) is 25.7 Å². The first-order valence-electron chi connectivity index (χ1n) is 7.51. The second-order valence-electron chi connectivity index (χ2n) is 6.55. The summed E-state index contributed by atoms with van der Waals surface area (Å²) in [5, 5.41) is 3.50. The molecular weight excluding hydrogens is 248 g/mol. The van der Waals surface area contributed by atoms with Crippen LogP contribution >= 0.6 is 0 Å². The van der Waals surface area contributed by atoms with E-state index in [1.165, 1.54) is 0 Å². The van der Waals surface area contributed by atoms with E-state index in [4.69, 9.17) is 0 Å². The summed E-state index contributed by atoms with van der Waals surface area (Å²) in [5.74, 6) is 0.779. The van der Waals surface area contributed by atoms with Crippen molar-refractivity contribution < 1.29 is 4.79 Å². The third kappa shape index (κ3) is 3.04. The predicted octanol–water partition coefficient (Wildman–Crippen LogP) is 2.42. The van der Waals surface area contributed by atoms with Crippen LogP contribution in [0.2, 0.25) is 0 Å². The number of carbonyl (C=O) groups excluding carboxylic acids is 1. The topological polar surface area (TPSA) is 32.3 Å². The second kappa shape index (κ2) is 5.96. The molecule has 1 aromatic rings. The fourth-order valence-electron chi connectivity index (χ4n) is 2.78. The van der Waals surface area contributed by atoms with Crippen molar-refractivity contribution in [3.63, 3.8) is 0 Å². The zero-order valence-electron chi connectivity index (χ0n) is 13.0. The fourth-order valence-corrected chi connectivity index (χ4v) is 2.78. The number of amides is 1. The lowest BCUT2D eigenvalue weighted by molar-refractivity contribution is -0.137. The van der Waals surface area contributed by atoms with Crippen molar-refractivity contribution in [1.82, 2.24) is 10.2 Å². The molecule has 3 heteroatoms. The summed E-state index contributed by atoms with van der Waals surface area (Å²) < 4.78 is 0. The molecule has 0 spiro atoms. The normalized spacial score (nSPS) is 20.2. The molecule has 1 aliphatic heterocycles. The summed E-state index contributed by atoms with van der Waals surface area (Å²) in [5.41, 5.74) is 0.629. The van der Waals surface area contributed by atoms with E-state index in [0.717, 1.165) is 25.2 Å². The van der Waals surface area contributed by atoms with Crippen molar-refractivity contribution in [2.75, 3.05) is 19.6 Å². The average molecular weight is 274 g/mol. The van der Waals surface area contributed by atoms with Crippen LogP contribution in [0.4, 0.5) is 0 Å². The van der Waals surface area contributed by atoms with Crippen molar-refractivity contribution in [3.8, 4) is 0 Å². The minimum atomic E-state index is -0.458. The van der Waals surface area contributed by atoms with E-state index in [2.05, 4.69) is 19.2 Å². The van der Waals surface area contributed by atoms with Crippen LogP contribution in [0, 0.1) is 5.92 Å². The lowest BCUT2D eigenvalue weighted by atomic mass is 9.82. The molecule has 1 amide bonds. The first kappa shape index (κ1) is 15.0. The number of nitrogens with one attached hydrogen (secondary N) is 1. The van der Waals surface area contributed by atoms with E-state index in [1.54, 1.807) is 0 Å². The minimum absolute atomic E-state index is 0.232. The van der Waals surface area contributed by atoms with Crippen LogP contribution in [-0.4, -0.2) is 36.5 Å². The Morgan fingerprint density at radius 2 is 1.95 bits per heavy atom. The van der Waals surface area contributed by atoms with E-state index < -0.39 is 5.41 Å². The van der Waals surface area contributed by atoms with Crippen LogP contribution in [0.15, 0.2) is 30.3 Å². The van der Waals surface area contributed by atoms with Crippen LogP contribution in [0.25, 0.3) is 0 Å². The van der Waals surface area contributed by atoms with Crippen molar-refractivity contribution in [3.05, 3.63) is 35.9 Å². The third-order valence-corrected chi connectivity index (χ3v) is 4.33. The molecular formula is C17H26N2O. The van der Waals surface area contributed by atoms with Gasteiger partial charge in [0.25, 0.3) is 0 Å². The fraction of sp³-hybridized carbons (Fsp3) is 0.588. The van der Waals surface area contributed by atoms with E-state index in [-0.39, 0.29) is 5.91 Å². The van der Waals surface area contributed by atoms with Gasteiger partial charge in [-0.2, -0.15) is 0 Å². The molecule has 3 nitrogen and oxygen atoms in total. The molecule has 2 rings (SSSR count). The lowest BCUT2D eigenvalue weighted by Gasteiger charge is -2.39. The quantitative estimate of drug-likeness (QED) is 0.918. The Labute approximate surface area is 122 Å². The molecule has 0 saturated carbocycles. The van der Waals surface area contributed by atoms with E-state index in [9.17, 15) is 4.79 Å². The Kier molecular flexibility index (Phi) is 4.48. The summed E-state index contributed by atoms with van der Waals surface area (Å²) in [6.45, 7) is 11.0. The Morgan fingerprint density at radius 1 is 1.30 bits per heavy atom. The second-order valence-corrected chi connectivity index (χ2v) is 6.55. The van der Waals surface area contributed by atoms with Gasteiger partial charge in [-0.25, -0.2) is 0 Å². The van der Waals surface area contributed by atoms with Crippen LogP contribution in [0.3, 0.4) is 0 Å². The van der Waals surface area contributed by atoms with E-state index in [1.807, 2.05) is 49.1 Å². The highest BCUT2D eigenvalue weighted by Gasteiger charge is 2.36. The van der Waals surface area contributed by atoms with E-state index in [0.29, 0.717) is 12.0 Å². The maximum absolute atomic E-state index is 12.9. The Morgan fingerprint density at radius 3 is 2.55 bits per heavy atom. The first-order chi connectivity index (χ1) is 9.43. The highest BCUT2D eigenvalue weighted by atomic mass is 16.2. The zero-order valence-corrected chi connectivity index (χ0v) is 13.0. The SMILES string of the molecule is CC(C)C1CN(C(=O)C(C)(C)c2ccccc2)CCN1. The Hall–Kier alpha value is -1.35. The molecule has 1 heterocycles. The van der Waals surface area contributed by atoms with Gasteiger partial charge in [-0.05, 0) is 25.3 Å². The average Bonchev–Trinajstić information content (AvgIpc) is 2.47. The van der Waals surface area contributed by atoms with Crippen molar-refractivity contribution in [2.24, 2.45) is 5.92 Å². The predicted molar refractivity (Wildman–Crippen MR) is 82.7 cm³/mol. The monoisotopic (exact) mass is 274 g/mol. The molecule has 0 bridgehead atoms. The van der Waals surface area contributed by atoms with Gasteiger partial charge in [-0.1, -0.05) is 44.2 Å². The molecule has 0 aliphatic carbocycles. The van der Waals surface area contributed by atoms with Gasteiger partial charge in [-0.15, -0.1) is 0 Å². The van der Waals surface area contributed by atoms with Gasteiger partial charge in [0.2, 0.25) is 5.91 Å². The summed E-state index contributed by atoms with van der Waals surface area (Å²) in [6, 6.07) is 10.5. The molecule has 0 radical (unpaired) electrons. The highest BCUT2D eigenvalue weighted by molar-refractivity contribution is 5.87. The molecule has 1 atom stereocenters. The molecule has 20 heavy (non-hydrogen) atoms. The smallest absolute Gasteiger partial charge is 0.232 e. The van der Waals surface area contributed by atoms with Crippen LogP contribution in [0.1, 0.15) is 33.3 Å². The molecule has 1 saturated heterocycles. The van der Waals surface area contributed by atoms with Gasteiger partial charge >= 0.3 is 0 Å². The Bertz CT molecular complexity index is 453.